The summed E-state index contributed by atoms with van der Waals surface area (Å²) in [6.07, 6.45) is 11.5. The zero-order valence-corrected chi connectivity index (χ0v) is 12.1. The highest BCUT2D eigenvalue weighted by Gasteiger charge is 2.42. The Labute approximate surface area is 108 Å². The fraction of sp³-hybridized carbons (Fsp3) is 1.00. The van der Waals surface area contributed by atoms with Crippen molar-refractivity contribution < 1.29 is 0 Å². The minimum Gasteiger partial charge on any atom is -0.313 e. The largest absolute Gasteiger partial charge is 0.313 e. The Morgan fingerprint density at radius 1 is 1.12 bits per heavy atom. The first kappa shape index (κ1) is 13.4. The number of hydrogen-bond donors (Lipinski definition) is 1. The van der Waals surface area contributed by atoms with E-state index >= 15 is 0 Å². The fourth-order valence-electron chi connectivity index (χ4n) is 4.28. The van der Waals surface area contributed by atoms with E-state index in [-0.39, 0.29) is 0 Å². The smallest absolute Gasteiger partial charge is 0.0129 e. The highest BCUT2D eigenvalue weighted by atomic mass is 14.9. The molecule has 2 atom stereocenters. The number of hydrogen-bond acceptors (Lipinski definition) is 1. The van der Waals surface area contributed by atoms with Crippen molar-refractivity contribution in [3.8, 4) is 0 Å². The first-order valence-corrected chi connectivity index (χ1v) is 7.88. The molecule has 2 saturated carbocycles. The first-order valence-electron chi connectivity index (χ1n) is 7.88. The monoisotopic (exact) mass is 237 g/mol. The molecule has 2 unspecified atom stereocenters. The van der Waals surface area contributed by atoms with Gasteiger partial charge in [0.15, 0.2) is 0 Å². The molecule has 100 valence electrons. The van der Waals surface area contributed by atoms with Gasteiger partial charge in [-0.15, -0.1) is 0 Å². The summed E-state index contributed by atoms with van der Waals surface area (Å²) in [6, 6.07) is 0.815. The third kappa shape index (κ3) is 3.05. The van der Waals surface area contributed by atoms with E-state index < -0.39 is 0 Å². The maximum Gasteiger partial charge on any atom is 0.0129 e. The van der Waals surface area contributed by atoms with E-state index in [1.165, 1.54) is 57.9 Å². The van der Waals surface area contributed by atoms with Crippen LogP contribution >= 0.6 is 0 Å². The van der Waals surface area contributed by atoms with Crippen LogP contribution in [0.1, 0.15) is 72.1 Å². The van der Waals surface area contributed by atoms with E-state index in [4.69, 9.17) is 0 Å². The molecule has 0 aromatic heterocycles. The van der Waals surface area contributed by atoms with Crippen LogP contribution < -0.4 is 5.32 Å². The second-order valence-corrected chi connectivity index (χ2v) is 7.01. The molecule has 2 aliphatic rings. The van der Waals surface area contributed by atoms with E-state index in [9.17, 15) is 0 Å². The van der Waals surface area contributed by atoms with Crippen LogP contribution in [0.15, 0.2) is 0 Å². The minimum absolute atomic E-state index is 0.577. The maximum atomic E-state index is 3.91. The molecule has 0 spiro atoms. The second kappa shape index (κ2) is 5.73. The van der Waals surface area contributed by atoms with Crippen LogP contribution in [0.25, 0.3) is 0 Å². The van der Waals surface area contributed by atoms with Crippen molar-refractivity contribution in [2.24, 2.45) is 17.3 Å². The van der Waals surface area contributed by atoms with Crippen LogP contribution in [0.5, 0.6) is 0 Å². The van der Waals surface area contributed by atoms with Crippen LogP contribution in [-0.4, -0.2) is 12.6 Å². The Kier molecular flexibility index (Phi) is 4.52. The molecule has 0 amide bonds. The summed E-state index contributed by atoms with van der Waals surface area (Å²) in [7, 11) is 0. The van der Waals surface area contributed by atoms with Gasteiger partial charge in [0, 0.05) is 6.04 Å². The molecule has 0 saturated heterocycles. The van der Waals surface area contributed by atoms with Crippen LogP contribution in [-0.2, 0) is 0 Å². The standard InChI is InChI=1S/C16H31N/c1-4-12-17-15(13-8-5-6-9-13)14-10-7-11-16(14,2)3/h13-15,17H,4-12H2,1-3H3. The van der Waals surface area contributed by atoms with Gasteiger partial charge in [-0.05, 0) is 55.9 Å². The predicted molar refractivity (Wildman–Crippen MR) is 75.2 cm³/mol. The van der Waals surface area contributed by atoms with Crippen LogP contribution in [0.4, 0.5) is 0 Å². The van der Waals surface area contributed by atoms with E-state index in [2.05, 4.69) is 26.1 Å². The van der Waals surface area contributed by atoms with E-state index in [1.54, 1.807) is 0 Å². The molecule has 0 aromatic rings. The summed E-state index contributed by atoms with van der Waals surface area (Å²) in [5.74, 6) is 1.90. The molecule has 0 bridgehead atoms. The Balaban J connectivity index is 2.03. The van der Waals surface area contributed by atoms with Gasteiger partial charge < -0.3 is 5.32 Å². The van der Waals surface area contributed by atoms with Crippen molar-refractivity contribution in [1.82, 2.24) is 5.32 Å². The van der Waals surface area contributed by atoms with Crippen LogP contribution in [0.3, 0.4) is 0 Å². The lowest BCUT2D eigenvalue weighted by molar-refractivity contribution is 0.154. The SMILES string of the molecule is CCCNC(C1CCCC1)C1CCCC1(C)C. The second-order valence-electron chi connectivity index (χ2n) is 7.01. The quantitative estimate of drug-likeness (QED) is 0.748. The molecule has 1 nitrogen and oxygen atoms in total. The van der Waals surface area contributed by atoms with Crippen LogP contribution in [0.2, 0.25) is 0 Å². The molecule has 0 aromatic carbocycles. The molecule has 0 aliphatic heterocycles. The maximum absolute atomic E-state index is 3.91. The minimum atomic E-state index is 0.577. The molecule has 1 heteroatoms. The number of nitrogens with one attached hydrogen (secondary N) is 1. The zero-order valence-electron chi connectivity index (χ0n) is 12.1. The summed E-state index contributed by atoms with van der Waals surface area (Å²) in [6.45, 7) is 8.51. The highest BCUT2D eigenvalue weighted by molar-refractivity contribution is 4.96. The Morgan fingerprint density at radius 3 is 2.35 bits per heavy atom. The summed E-state index contributed by atoms with van der Waals surface area (Å²) >= 11 is 0. The van der Waals surface area contributed by atoms with Crippen molar-refractivity contribution in [3.05, 3.63) is 0 Å². The molecule has 2 rings (SSSR count). The molecule has 1 N–H and O–H groups in total. The summed E-state index contributed by atoms with van der Waals surface area (Å²) in [5, 5.41) is 3.91. The fourth-order valence-corrected chi connectivity index (χ4v) is 4.28. The molecule has 0 radical (unpaired) electrons. The molecule has 17 heavy (non-hydrogen) atoms. The van der Waals surface area contributed by atoms with Gasteiger partial charge in [-0.3, -0.25) is 0 Å². The van der Waals surface area contributed by atoms with Gasteiger partial charge in [0.2, 0.25) is 0 Å². The lowest BCUT2D eigenvalue weighted by Crippen LogP contribution is -2.45. The normalized spacial score (nSPS) is 30.9. The summed E-state index contributed by atoms with van der Waals surface area (Å²) in [4.78, 5) is 0. The van der Waals surface area contributed by atoms with Crippen molar-refractivity contribution in [3.63, 3.8) is 0 Å². The van der Waals surface area contributed by atoms with Gasteiger partial charge in [0.1, 0.15) is 0 Å². The van der Waals surface area contributed by atoms with Gasteiger partial charge in [0.25, 0.3) is 0 Å². The molecule has 2 fully saturated rings. The van der Waals surface area contributed by atoms with Gasteiger partial charge >= 0.3 is 0 Å². The highest BCUT2D eigenvalue weighted by Crippen LogP contribution is 2.47. The molecule has 2 aliphatic carbocycles. The van der Waals surface area contributed by atoms with Gasteiger partial charge in [-0.1, -0.05) is 40.0 Å². The van der Waals surface area contributed by atoms with E-state index in [0.717, 1.165) is 17.9 Å². The topological polar surface area (TPSA) is 12.0 Å². The van der Waals surface area contributed by atoms with Crippen molar-refractivity contribution in [1.29, 1.82) is 0 Å². The summed E-state index contributed by atoms with van der Waals surface area (Å²) < 4.78 is 0. The van der Waals surface area contributed by atoms with Gasteiger partial charge in [-0.2, -0.15) is 0 Å². The van der Waals surface area contributed by atoms with Gasteiger partial charge in [0.05, 0.1) is 0 Å². The van der Waals surface area contributed by atoms with Crippen molar-refractivity contribution in [2.75, 3.05) is 6.54 Å². The van der Waals surface area contributed by atoms with Gasteiger partial charge in [-0.25, -0.2) is 0 Å². The molecule has 0 heterocycles. The van der Waals surface area contributed by atoms with Crippen LogP contribution in [0, 0.1) is 17.3 Å². The lowest BCUT2D eigenvalue weighted by Gasteiger charge is -2.38. The number of rotatable bonds is 5. The molecular formula is C16H31N. The average Bonchev–Trinajstić information content (AvgIpc) is 2.90. The van der Waals surface area contributed by atoms with Crippen molar-refractivity contribution >= 4 is 0 Å². The zero-order chi connectivity index (χ0) is 12.3. The Bertz CT molecular complexity index is 228. The average molecular weight is 237 g/mol. The van der Waals surface area contributed by atoms with E-state index in [0.29, 0.717) is 5.41 Å². The Hall–Kier alpha value is -0.0400. The Morgan fingerprint density at radius 2 is 1.82 bits per heavy atom. The first-order chi connectivity index (χ1) is 8.15. The van der Waals surface area contributed by atoms with E-state index in [1.807, 2.05) is 0 Å². The third-order valence-corrected chi connectivity index (χ3v) is 5.31. The molecular weight excluding hydrogens is 206 g/mol. The predicted octanol–water partition coefficient (Wildman–Crippen LogP) is 4.37. The third-order valence-electron chi connectivity index (χ3n) is 5.31. The lowest BCUT2D eigenvalue weighted by atomic mass is 9.73. The van der Waals surface area contributed by atoms with Crippen molar-refractivity contribution in [2.45, 2.75) is 78.2 Å². The summed E-state index contributed by atoms with van der Waals surface area (Å²) in [5.41, 5.74) is 0.577.